The van der Waals surface area contributed by atoms with E-state index < -0.39 is 0 Å². The third-order valence-corrected chi connectivity index (χ3v) is 8.00. The lowest BCUT2D eigenvalue weighted by molar-refractivity contribution is -0.145. The van der Waals surface area contributed by atoms with E-state index in [0.29, 0.717) is 158 Å². The molecular weight excluding hydrogens is 807 g/mol. The highest BCUT2D eigenvalue weighted by Crippen LogP contribution is 2.06. The van der Waals surface area contributed by atoms with Crippen LogP contribution < -0.4 is 0 Å². The molecule has 0 saturated carbocycles. The normalized spacial score (nSPS) is 11.5. The molecule has 0 unspecified atom stereocenters. The van der Waals surface area contributed by atoms with Crippen molar-refractivity contribution in [2.45, 2.75) is 71.1 Å². The van der Waals surface area contributed by atoms with Gasteiger partial charge in [0.15, 0.2) is 0 Å². The number of alkyl halides is 1. The second kappa shape index (κ2) is 49.7. The van der Waals surface area contributed by atoms with Gasteiger partial charge >= 0.3 is 5.97 Å². The number of hydrogen-bond donors (Lipinski definition) is 0. The van der Waals surface area contributed by atoms with Gasteiger partial charge in [-0.05, 0) is 23.7 Å². The molecule has 0 aromatic carbocycles. The van der Waals surface area contributed by atoms with E-state index in [9.17, 15) is 4.79 Å². The van der Waals surface area contributed by atoms with E-state index in [1.54, 1.807) is 0 Å². The van der Waals surface area contributed by atoms with Gasteiger partial charge in [-0.3, -0.25) is 4.79 Å². The maximum Gasteiger partial charge on any atom is 0.305 e. The zero-order valence-electron chi connectivity index (χ0n) is 33.0. The van der Waals surface area contributed by atoms with Gasteiger partial charge in [0.1, 0.15) is 6.61 Å². The van der Waals surface area contributed by atoms with Gasteiger partial charge in [0, 0.05) is 13.0 Å². The predicted octanol–water partition coefficient (Wildman–Crippen LogP) is 5.08. The van der Waals surface area contributed by atoms with Gasteiger partial charge in [-0.15, -0.1) is 0 Å². The zero-order valence-corrected chi connectivity index (χ0v) is 35.2. The second-order valence-electron chi connectivity index (χ2n) is 11.8. The van der Waals surface area contributed by atoms with Crippen LogP contribution in [-0.4, -0.2) is 176 Å². The van der Waals surface area contributed by atoms with E-state index in [4.69, 9.17) is 61.6 Å². The first kappa shape index (κ1) is 52.7. The zero-order chi connectivity index (χ0) is 38.2. The molecule has 318 valence electrons. The van der Waals surface area contributed by atoms with Gasteiger partial charge in [0.05, 0.1) is 152 Å². The molecule has 14 nitrogen and oxygen atoms in total. The Labute approximate surface area is 334 Å². The molecule has 0 rings (SSSR count). The van der Waals surface area contributed by atoms with E-state index in [0.717, 1.165) is 25.9 Å². The van der Waals surface area contributed by atoms with E-state index >= 15 is 0 Å². The van der Waals surface area contributed by atoms with E-state index in [1.165, 1.54) is 43.0 Å². The number of ether oxygens (including phenoxy) is 13. The van der Waals surface area contributed by atoms with Crippen LogP contribution in [0.2, 0.25) is 0 Å². The van der Waals surface area contributed by atoms with Crippen molar-refractivity contribution in [2.24, 2.45) is 0 Å². The molecule has 0 atom stereocenters. The molecule has 0 bridgehead atoms. The first-order valence-electron chi connectivity index (χ1n) is 20.0. The lowest BCUT2D eigenvalue weighted by Crippen LogP contribution is -2.15. The van der Waals surface area contributed by atoms with Gasteiger partial charge in [-0.25, -0.2) is 0 Å². The molecule has 0 aromatic heterocycles. The number of rotatable bonds is 48. The van der Waals surface area contributed by atoms with E-state index in [-0.39, 0.29) is 12.6 Å². The monoisotopic (exact) mass is 882 g/mol. The third-order valence-electron chi connectivity index (χ3n) is 7.24. The highest BCUT2D eigenvalue weighted by molar-refractivity contribution is 14.1. The quantitative estimate of drug-likeness (QED) is 0.0348. The second-order valence-corrected chi connectivity index (χ2v) is 12.9. The van der Waals surface area contributed by atoms with Crippen LogP contribution in [0.25, 0.3) is 0 Å². The fraction of sp³-hybridized carbons (Fsp3) is 0.974. The molecule has 0 saturated heterocycles. The van der Waals surface area contributed by atoms with Crippen LogP contribution in [0.1, 0.15) is 71.1 Å². The molecule has 0 aliphatic rings. The van der Waals surface area contributed by atoms with Gasteiger partial charge in [-0.2, -0.15) is 0 Å². The number of carbonyl (C=O) groups is 1. The third kappa shape index (κ3) is 49.7. The summed E-state index contributed by atoms with van der Waals surface area (Å²) >= 11 is 2.42. The summed E-state index contributed by atoms with van der Waals surface area (Å²) in [5.41, 5.74) is 0. The Kier molecular flexibility index (Phi) is 49.5. The number of esters is 1. The number of halogens is 1. The van der Waals surface area contributed by atoms with Gasteiger partial charge in [-0.1, -0.05) is 68.0 Å². The molecule has 0 radical (unpaired) electrons. The molecule has 0 N–H and O–H groups in total. The van der Waals surface area contributed by atoms with Crippen LogP contribution in [0, 0.1) is 0 Å². The van der Waals surface area contributed by atoms with Crippen molar-refractivity contribution in [3.8, 4) is 0 Å². The van der Waals surface area contributed by atoms with Crippen molar-refractivity contribution >= 4 is 28.6 Å². The van der Waals surface area contributed by atoms with Crippen molar-refractivity contribution in [1.82, 2.24) is 0 Å². The standard InChI is InChI=1S/C38H75IO14/c1-2-3-4-5-8-11-38(40)53-37-36-52-35-34-51-33-32-50-31-30-49-29-28-48-27-26-47-25-24-46-23-22-45-21-20-44-19-18-43-17-16-42-15-14-41-13-10-7-6-9-12-39/h2-37H2,1H3. The lowest BCUT2D eigenvalue weighted by Gasteiger charge is -2.09. The molecule has 0 aromatic rings. The minimum absolute atomic E-state index is 0.147. The highest BCUT2D eigenvalue weighted by Gasteiger charge is 2.02. The van der Waals surface area contributed by atoms with Crippen molar-refractivity contribution < 1.29 is 66.4 Å². The van der Waals surface area contributed by atoms with Crippen LogP contribution >= 0.6 is 22.6 Å². The summed E-state index contributed by atoms with van der Waals surface area (Å²) in [6, 6.07) is 0. The van der Waals surface area contributed by atoms with Gasteiger partial charge < -0.3 is 61.6 Å². The van der Waals surface area contributed by atoms with Crippen molar-refractivity contribution in [3.05, 3.63) is 0 Å². The molecule has 53 heavy (non-hydrogen) atoms. The number of hydrogen-bond acceptors (Lipinski definition) is 14. The molecular formula is C38H75IO14. The molecule has 0 aliphatic heterocycles. The summed E-state index contributed by atoms with van der Waals surface area (Å²) in [5.74, 6) is -0.147. The lowest BCUT2D eigenvalue weighted by atomic mass is 10.1. The summed E-state index contributed by atoms with van der Waals surface area (Å²) in [4.78, 5) is 11.6. The summed E-state index contributed by atoms with van der Waals surface area (Å²) in [6.45, 7) is 15.1. The predicted molar refractivity (Wildman–Crippen MR) is 212 cm³/mol. The topological polar surface area (TPSA) is 137 Å². The largest absolute Gasteiger partial charge is 0.463 e. The Bertz CT molecular complexity index is 683. The number of unbranched alkanes of at least 4 members (excludes halogenated alkanes) is 7. The maximum atomic E-state index is 11.6. The molecule has 0 aliphatic carbocycles. The maximum absolute atomic E-state index is 11.6. The van der Waals surface area contributed by atoms with Crippen LogP contribution in [0.3, 0.4) is 0 Å². The van der Waals surface area contributed by atoms with Crippen LogP contribution in [0.4, 0.5) is 0 Å². The minimum atomic E-state index is -0.147. The van der Waals surface area contributed by atoms with Crippen LogP contribution in [0.5, 0.6) is 0 Å². The first-order chi connectivity index (χ1) is 26.3. The number of carbonyl (C=O) groups excluding carboxylic acids is 1. The Balaban J connectivity index is 3.08. The van der Waals surface area contributed by atoms with Crippen molar-refractivity contribution in [3.63, 3.8) is 0 Å². The minimum Gasteiger partial charge on any atom is -0.463 e. The molecule has 15 heteroatoms. The van der Waals surface area contributed by atoms with Crippen molar-refractivity contribution in [2.75, 3.05) is 170 Å². The Morgan fingerprint density at radius 1 is 0.321 bits per heavy atom. The highest BCUT2D eigenvalue weighted by atomic mass is 127. The average molecular weight is 883 g/mol. The molecule has 0 spiro atoms. The Hall–Kier alpha value is -0.280. The van der Waals surface area contributed by atoms with Crippen LogP contribution in [-0.2, 0) is 66.4 Å². The molecule has 0 fully saturated rings. The average Bonchev–Trinajstić information content (AvgIpc) is 3.16. The van der Waals surface area contributed by atoms with E-state index in [2.05, 4.69) is 29.5 Å². The Morgan fingerprint density at radius 3 is 0.906 bits per heavy atom. The Morgan fingerprint density at radius 2 is 0.585 bits per heavy atom. The summed E-state index contributed by atoms with van der Waals surface area (Å²) < 4.78 is 72.3. The fourth-order valence-corrected chi connectivity index (χ4v) is 4.87. The summed E-state index contributed by atoms with van der Waals surface area (Å²) in [5, 5.41) is 0. The molecule has 0 heterocycles. The van der Waals surface area contributed by atoms with Crippen molar-refractivity contribution in [1.29, 1.82) is 0 Å². The first-order valence-corrected chi connectivity index (χ1v) is 21.5. The fourth-order valence-electron chi connectivity index (χ4n) is 4.33. The van der Waals surface area contributed by atoms with Gasteiger partial charge in [0.25, 0.3) is 0 Å². The summed E-state index contributed by atoms with van der Waals surface area (Å²) in [6.07, 6.45) is 11.0. The summed E-state index contributed by atoms with van der Waals surface area (Å²) in [7, 11) is 0. The SMILES string of the molecule is CCCCCCCC(=O)OCCOCCOCCOCCOCCOCCOCCOCCOCCOCCOCCOCCOCCCCCCI. The van der Waals surface area contributed by atoms with Crippen LogP contribution in [0.15, 0.2) is 0 Å². The molecule has 0 amide bonds. The van der Waals surface area contributed by atoms with E-state index in [1.807, 2.05) is 0 Å². The smallest absolute Gasteiger partial charge is 0.305 e. The van der Waals surface area contributed by atoms with Gasteiger partial charge in [0.2, 0.25) is 0 Å².